The number of sulfonamides is 1. The van der Waals surface area contributed by atoms with Crippen LogP contribution in [0, 0.1) is 6.92 Å². The normalized spacial score (nSPS) is 11.7. The van der Waals surface area contributed by atoms with E-state index in [1.54, 1.807) is 6.20 Å². The number of H-pyrrole nitrogens is 1. The maximum Gasteiger partial charge on any atom is 0.417 e. The Morgan fingerprint density at radius 3 is 2.80 bits per heavy atom. The second-order valence-electron chi connectivity index (χ2n) is 5.57. The molecule has 0 radical (unpaired) electrons. The Bertz CT molecular complexity index is 1020. The highest BCUT2D eigenvalue weighted by molar-refractivity contribution is 7.89. The van der Waals surface area contributed by atoms with E-state index in [4.69, 9.17) is 4.42 Å². The lowest BCUT2D eigenvalue weighted by atomic mass is 10.3. The highest BCUT2D eigenvalue weighted by atomic mass is 32.2. The average molecular weight is 362 g/mol. The first kappa shape index (κ1) is 17.2. The first-order valence-corrected chi connectivity index (χ1v) is 9.21. The first-order chi connectivity index (χ1) is 11.9. The molecule has 0 aliphatic heterocycles. The lowest BCUT2D eigenvalue weighted by Gasteiger charge is -2.08. The molecule has 0 unspecified atom stereocenters. The van der Waals surface area contributed by atoms with E-state index in [0.717, 1.165) is 11.4 Å². The molecule has 0 amide bonds. The number of oxazole rings is 1. The highest BCUT2D eigenvalue weighted by Crippen LogP contribution is 2.16. The van der Waals surface area contributed by atoms with E-state index in [1.807, 2.05) is 19.1 Å². The van der Waals surface area contributed by atoms with Crippen molar-refractivity contribution in [3.05, 3.63) is 52.6 Å². The number of pyridine rings is 1. The maximum atomic E-state index is 12.3. The van der Waals surface area contributed by atoms with E-state index in [0.29, 0.717) is 24.1 Å². The van der Waals surface area contributed by atoms with Crippen molar-refractivity contribution in [3.8, 4) is 0 Å². The highest BCUT2D eigenvalue weighted by Gasteiger charge is 2.15. The van der Waals surface area contributed by atoms with Crippen molar-refractivity contribution >= 4 is 26.9 Å². The van der Waals surface area contributed by atoms with Crippen LogP contribution in [-0.2, 0) is 10.0 Å². The molecule has 0 fully saturated rings. The van der Waals surface area contributed by atoms with Gasteiger partial charge in [0.05, 0.1) is 10.4 Å². The molecule has 3 aromatic rings. The van der Waals surface area contributed by atoms with Gasteiger partial charge in [-0.2, -0.15) is 0 Å². The van der Waals surface area contributed by atoms with E-state index >= 15 is 0 Å². The van der Waals surface area contributed by atoms with Gasteiger partial charge >= 0.3 is 5.76 Å². The molecular weight excluding hydrogens is 344 g/mol. The van der Waals surface area contributed by atoms with E-state index in [-0.39, 0.29) is 11.4 Å². The standard InChI is InChI=1S/C16H18N4O4S/c1-11-3-6-15(18-10-11)17-7-2-8-19-25(22,23)12-4-5-14-13(9-12)20-16(21)24-14/h3-6,9-10,19H,2,7-8H2,1H3,(H,17,18)(H,20,21). The molecule has 0 bridgehead atoms. The van der Waals surface area contributed by atoms with E-state index in [1.165, 1.54) is 18.2 Å². The number of benzene rings is 1. The van der Waals surface area contributed by atoms with Gasteiger partial charge in [-0.15, -0.1) is 0 Å². The van der Waals surface area contributed by atoms with Gasteiger partial charge in [0.2, 0.25) is 10.0 Å². The molecule has 0 saturated carbocycles. The number of aryl methyl sites for hydroxylation is 1. The fraction of sp³-hybridized carbons (Fsp3) is 0.250. The van der Waals surface area contributed by atoms with Gasteiger partial charge in [0, 0.05) is 19.3 Å². The minimum Gasteiger partial charge on any atom is -0.408 e. The molecule has 0 aliphatic carbocycles. The van der Waals surface area contributed by atoms with Crippen LogP contribution in [0.25, 0.3) is 11.1 Å². The maximum absolute atomic E-state index is 12.3. The van der Waals surface area contributed by atoms with Crippen LogP contribution in [0.5, 0.6) is 0 Å². The van der Waals surface area contributed by atoms with Crippen molar-refractivity contribution in [1.29, 1.82) is 0 Å². The minimum absolute atomic E-state index is 0.0743. The Kier molecular flexibility index (Phi) is 4.86. The monoisotopic (exact) mass is 362 g/mol. The summed E-state index contributed by atoms with van der Waals surface area (Å²) >= 11 is 0. The molecule has 132 valence electrons. The third-order valence-corrected chi connectivity index (χ3v) is 5.02. The third-order valence-electron chi connectivity index (χ3n) is 3.56. The SMILES string of the molecule is Cc1ccc(NCCCNS(=O)(=O)c2ccc3oc(=O)[nH]c3c2)nc1. The molecule has 0 atom stereocenters. The van der Waals surface area contributed by atoms with Crippen LogP contribution >= 0.6 is 0 Å². The quantitative estimate of drug-likeness (QED) is 0.550. The summed E-state index contributed by atoms with van der Waals surface area (Å²) in [5.74, 6) is 0.135. The number of nitrogens with one attached hydrogen (secondary N) is 3. The zero-order chi connectivity index (χ0) is 17.9. The molecule has 9 heteroatoms. The number of nitrogens with zero attached hydrogens (tertiary/aromatic N) is 1. The zero-order valence-electron chi connectivity index (χ0n) is 13.6. The lowest BCUT2D eigenvalue weighted by Crippen LogP contribution is -2.26. The van der Waals surface area contributed by atoms with Gasteiger partial charge in [-0.25, -0.2) is 22.9 Å². The lowest BCUT2D eigenvalue weighted by molar-refractivity contribution is 0.555. The first-order valence-electron chi connectivity index (χ1n) is 7.73. The topological polar surface area (TPSA) is 117 Å². The Morgan fingerprint density at radius 1 is 1.20 bits per heavy atom. The Balaban J connectivity index is 1.54. The summed E-state index contributed by atoms with van der Waals surface area (Å²) in [7, 11) is -3.65. The predicted octanol–water partition coefficient (Wildman–Crippen LogP) is 1.61. The van der Waals surface area contributed by atoms with Gasteiger partial charge in [0.1, 0.15) is 5.82 Å². The van der Waals surface area contributed by atoms with Gasteiger partial charge in [-0.3, -0.25) is 4.98 Å². The number of hydrogen-bond acceptors (Lipinski definition) is 6. The summed E-state index contributed by atoms with van der Waals surface area (Å²) < 4.78 is 32.0. The van der Waals surface area contributed by atoms with E-state index in [2.05, 4.69) is 20.0 Å². The van der Waals surface area contributed by atoms with E-state index < -0.39 is 15.8 Å². The minimum atomic E-state index is -3.65. The van der Waals surface area contributed by atoms with Crippen molar-refractivity contribution in [2.75, 3.05) is 18.4 Å². The van der Waals surface area contributed by atoms with Gasteiger partial charge in [-0.05, 0) is 43.2 Å². The largest absolute Gasteiger partial charge is 0.417 e. The molecule has 0 aliphatic rings. The Morgan fingerprint density at radius 2 is 2.04 bits per heavy atom. The number of aromatic amines is 1. The molecule has 25 heavy (non-hydrogen) atoms. The summed E-state index contributed by atoms with van der Waals surface area (Å²) in [4.78, 5) is 17.9. The van der Waals surface area contributed by atoms with Crippen molar-refractivity contribution in [2.45, 2.75) is 18.2 Å². The Hall–Kier alpha value is -2.65. The smallest absolute Gasteiger partial charge is 0.408 e. The molecule has 0 spiro atoms. The molecule has 1 aromatic carbocycles. The number of anilines is 1. The fourth-order valence-corrected chi connectivity index (χ4v) is 3.37. The van der Waals surface area contributed by atoms with Crippen molar-refractivity contribution < 1.29 is 12.8 Å². The summed E-state index contributed by atoms with van der Waals surface area (Å²) in [5.41, 5.74) is 1.74. The second-order valence-corrected chi connectivity index (χ2v) is 7.34. The molecule has 2 heterocycles. The predicted molar refractivity (Wildman–Crippen MR) is 94.1 cm³/mol. The molecular formula is C16H18N4O4S. The van der Waals surface area contributed by atoms with E-state index in [9.17, 15) is 13.2 Å². The number of hydrogen-bond donors (Lipinski definition) is 3. The molecule has 8 nitrogen and oxygen atoms in total. The van der Waals surface area contributed by atoms with Crippen LogP contribution in [0.2, 0.25) is 0 Å². The van der Waals surface area contributed by atoms with Crippen molar-refractivity contribution in [2.24, 2.45) is 0 Å². The van der Waals surface area contributed by atoms with Crippen LogP contribution in [-0.4, -0.2) is 31.5 Å². The van der Waals surface area contributed by atoms with Crippen molar-refractivity contribution in [1.82, 2.24) is 14.7 Å². The number of fused-ring (bicyclic) bond motifs is 1. The zero-order valence-corrected chi connectivity index (χ0v) is 14.4. The van der Waals surface area contributed by atoms with Gasteiger partial charge in [0.15, 0.2) is 5.58 Å². The number of aromatic nitrogens is 2. The van der Waals surface area contributed by atoms with Crippen LogP contribution in [0.15, 0.2) is 50.6 Å². The number of rotatable bonds is 7. The van der Waals surface area contributed by atoms with Crippen LogP contribution in [0.4, 0.5) is 5.82 Å². The van der Waals surface area contributed by atoms with Gasteiger partial charge in [-0.1, -0.05) is 6.07 Å². The Labute approximate surface area is 144 Å². The van der Waals surface area contributed by atoms with Crippen LogP contribution < -0.4 is 15.8 Å². The molecule has 3 rings (SSSR count). The van der Waals surface area contributed by atoms with Crippen molar-refractivity contribution in [3.63, 3.8) is 0 Å². The third kappa shape index (κ3) is 4.25. The summed E-state index contributed by atoms with van der Waals surface area (Å²) in [6, 6.07) is 8.05. The van der Waals surface area contributed by atoms with Crippen LogP contribution in [0.1, 0.15) is 12.0 Å². The fourth-order valence-electron chi connectivity index (χ4n) is 2.27. The molecule has 2 aromatic heterocycles. The summed E-state index contributed by atoms with van der Waals surface area (Å²) in [6.45, 7) is 2.83. The van der Waals surface area contributed by atoms with Gasteiger partial charge < -0.3 is 9.73 Å². The second kappa shape index (κ2) is 7.08. The average Bonchev–Trinajstić information content (AvgIpc) is 2.95. The van der Waals surface area contributed by atoms with Gasteiger partial charge in [0.25, 0.3) is 0 Å². The summed E-state index contributed by atoms with van der Waals surface area (Å²) in [6.07, 6.45) is 2.36. The molecule has 3 N–H and O–H groups in total. The van der Waals surface area contributed by atoms with Crippen LogP contribution in [0.3, 0.4) is 0 Å². The molecule has 0 saturated heterocycles. The summed E-state index contributed by atoms with van der Waals surface area (Å²) in [5, 5.41) is 3.13.